The summed E-state index contributed by atoms with van der Waals surface area (Å²) >= 11 is 0. The smallest absolute Gasteiger partial charge is 0.0603 e. The summed E-state index contributed by atoms with van der Waals surface area (Å²) < 4.78 is 0. The normalized spacial score (nSPS) is 38.2. The average molecular weight is 220 g/mol. The molecular formula is C15H24O. The van der Waals surface area contributed by atoms with Crippen molar-refractivity contribution in [3.05, 3.63) is 23.3 Å². The van der Waals surface area contributed by atoms with Crippen LogP contribution in [0.2, 0.25) is 0 Å². The first-order valence-corrected chi connectivity index (χ1v) is 6.47. The molecule has 0 aromatic rings. The van der Waals surface area contributed by atoms with Gasteiger partial charge in [0, 0.05) is 0 Å². The lowest BCUT2D eigenvalue weighted by molar-refractivity contribution is 0.108. The van der Waals surface area contributed by atoms with Gasteiger partial charge in [-0.2, -0.15) is 0 Å². The summed E-state index contributed by atoms with van der Waals surface area (Å²) in [5.41, 5.74) is 3.42. The van der Waals surface area contributed by atoms with Crippen molar-refractivity contribution in [2.45, 2.75) is 53.1 Å². The van der Waals surface area contributed by atoms with Gasteiger partial charge in [0.15, 0.2) is 0 Å². The number of hydrogen-bond acceptors (Lipinski definition) is 1. The van der Waals surface area contributed by atoms with Gasteiger partial charge < -0.3 is 5.11 Å². The van der Waals surface area contributed by atoms with E-state index in [-0.39, 0.29) is 6.10 Å². The fourth-order valence-electron chi connectivity index (χ4n) is 3.12. The van der Waals surface area contributed by atoms with Gasteiger partial charge in [0.25, 0.3) is 0 Å². The van der Waals surface area contributed by atoms with Crippen LogP contribution in [0.5, 0.6) is 0 Å². The molecule has 0 aromatic heterocycles. The molecule has 3 unspecified atom stereocenters. The van der Waals surface area contributed by atoms with Gasteiger partial charge in [-0.05, 0) is 43.4 Å². The summed E-state index contributed by atoms with van der Waals surface area (Å²) in [5, 5.41) is 9.76. The first kappa shape index (κ1) is 11.9. The van der Waals surface area contributed by atoms with Gasteiger partial charge in [-0.1, -0.05) is 44.1 Å². The second-order valence-electron chi connectivity index (χ2n) is 6.16. The fraction of sp³-hybridized carbons (Fsp3) is 0.733. The van der Waals surface area contributed by atoms with Crippen LogP contribution in [0.25, 0.3) is 0 Å². The van der Waals surface area contributed by atoms with Gasteiger partial charge in [-0.3, -0.25) is 0 Å². The zero-order valence-corrected chi connectivity index (χ0v) is 11.0. The molecule has 0 bridgehead atoms. The molecule has 0 aliphatic heterocycles. The van der Waals surface area contributed by atoms with Crippen molar-refractivity contribution in [2.24, 2.45) is 17.3 Å². The average Bonchev–Trinajstić information content (AvgIpc) is 2.47. The van der Waals surface area contributed by atoms with E-state index in [9.17, 15) is 5.11 Å². The highest BCUT2D eigenvalue weighted by Gasteiger charge is 2.38. The molecule has 1 N–H and O–H groups in total. The van der Waals surface area contributed by atoms with Crippen molar-refractivity contribution in [1.29, 1.82) is 0 Å². The third-order valence-corrected chi connectivity index (χ3v) is 4.83. The molecule has 0 saturated heterocycles. The molecular weight excluding hydrogens is 196 g/mol. The Kier molecular flexibility index (Phi) is 3.00. The Labute approximate surface area is 99.3 Å². The highest BCUT2D eigenvalue weighted by atomic mass is 16.3. The lowest BCUT2D eigenvalue weighted by Crippen LogP contribution is -2.28. The fourth-order valence-corrected chi connectivity index (χ4v) is 3.12. The van der Waals surface area contributed by atoms with E-state index < -0.39 is 0 Å². The molecule has 1 heteroatoms. The van der Waals surface area contributed by atoms with Gasteiger partial charge in [-0.15, -0.1) is 0 Å². The van der Waals surface area contributed by atoms with Gasteiger partial charge in [0.05, 0.1) is 6.10 Å². The van der Waals surface area contributed by atoms with Crippen molar-refractivity contribution in [1.82, 2.24) is 0 Å². The van der Waals surface area contributed by atoms with E-state index in [0.29, 0.717) is 17.3 Å². The minimum Gasteiger partial charge on any atom is -0.393 e. The summed E-state index contributed by atoms with van der Waals surface area (Å²) in [7, 11) is 0. The molecule has 0 spiro atoms. The number of hydrogen-bond donors (Lipinski definition) is 1. The van der Waals surface area contributed by atoms with Gasteiger partial charge >= 0.3 is 0 Å². The van der Waals surface area contributed by atoms with Crippen molar-refractivity contribution >= 4 is 0 Å². The highest BCUT2D eigenvalue weighted by molar-refractivity contribution is 5.28. The quantitative estimate of drug-likeness (QED) is 0.668. The summed E-state index contributed by atoms with van der Waals surface area (Å²) in [6.07, 6.45) is 7.68. The second-order valence-corrected chi connectivity index (χ2v) is 6.16. The molecule has 2 rings (SSSR count). The lowest BCUT2D eigenvalue weighted by atomic mass is 9.70. The molecule has 2 aliphatic rings. The monoisotopic (exact) mass is 220 g/mol. The van der Waals surface area contributed by atoms with E-state index in [1.807, 2.05) is 0 Å². The number of allylic oxidation sites excluding steroid dienone is 3. The summed E-state index contributed by atoms with van der Waals surface area (Å²) in [4.78, 5) is 0. The Morgan fingerprint density at radius 3 is 2.44 bits per heavy atom. The maximum atomic E-state index is 9.76. The van der Waals surface area contributed by atoms with Crippen molar-refractivity contribution in [3.63, 3.8) is 0 Å². The summed E-state index contributed by atoms with van der Waals surface area (Å²) in [6.45, 7) is 9.13. The van der Waals surface area contributed by atoms with Gasteiger partial charge in [-0.25, -0.2) is 0 Å². The largest absolute Gasteiger partial charge is 0.393 e. The van der Waals surface area contributed by atoms with Crippen LogP contribution in [0.15, 0.2) is 23.3 Å². The molecule has 1 nitrogen and oxygen atoms in total. The van der Waals surface area contributed by atoms with E-state index in [1.165, 1.54) is 12.0 Å². The van der Waals surface area contributed by atoms with Crippen LogP contribution in [-0.4, -0.2) is 11.2 Å². The van der Waals surface area contributed by atoms with Crippen LogP contribution in [0.4, 0.5) is 0 Å². The Morgan fingerprint density at radius 1 is 1.25 bits per heavy atom. The first-order chi connectivity index (χ1) is 7.43. The van der Waals surface area contributed by atoms with E-state index in [0.717, 1.165) is 12.8 Å². The number of rotatable bonds is 1. The molecule has 16 heavy (non-hydrogen) atoms. The number of aliphatic hydroxyl groups excluding tert-OH is 1. The Morgan fingerprint density at radius 2 is 1.94 bits per heavy atom. The van der Waals surface area contributed by atoms with E-state index in [2.05, 4.69) is 39.8 Å². The predicted octanol–water partition coefficient (Wildman–Crippen LogP) is 3.70. The van der Waals surface area contributed by atoms with Crippen LogP contribution in [-0.2, 0) is 0 Å². The molecule has 2 aliphatic carbocycles. The summed E-state index contributed by atoms with van der Waals surface area (Å²) in [5.74, 6) is 1.10. The zero-order valence-electron chi connectivity index (χ0n) is 11.0. The topological polar surface area (TPSA) is 20.2 Å². The third-order valence-electron chi connectivity index (χ3n) is 4.83. The minimum absolute atomic E-state index is 0.123. The van der Waals surface area contributed by atoms with E-state index in [1.54, 1.807) is 5.57 Å². The van der Waals surface area contributed by atoms with E-state index in [4.69, 9.17) is 0 Å². The molecule has 0 fully saturated rings. The molecule has 90 valence electrons. The third kappa shape index (κ3) is 1.86. The summed E-state index contributed by atoms with van der Waals surface area (Å²) in [6, 6.07) is 0. The second kappa shape index (κ2) is 4.03. The van der Waals surface area contributed by atoms with Crippen LogP contribution in [0, 0.1) is 17.3 Å². The van der Waals surface area contributed by atoms with Crippen molar-refractivity contribution in [2.75, 3.05) is 0 Å². The maximum absolute atomic E-state index is 9.76. The molecule has 0 saturated carbocycles. The van der Waals surface area contributed by atoms with Crippen LogP contribution in [0.1, 0.15) is 47.0 Å². The van der Waals surface area contributed by atoms with Gasteiger partial charge in [0.1, 0.15) is 0 Å². The van der Waals surface area contributed by atoms with Crippen molar-refractivity contribution < 1.29 is 5.11 Å². The highest BCUT2D eigenvalue weighted by Crippen LogP contribution is 2.49. The molecule has 0 radical (unpaired) electrons. The number of aliphatic hydroxyl groups is 1. The van der Waals surface area contributed by atoms with Gasteiger partial charge in [0.2, 0.25) is 0 Å². The predicted molar refractivity (Wildman–Crippen MR) is 68.1 cm³/mol. The Hall–Kier alpha value is -0.560. The maximum Gasteiger partial charge on any atom is 0.0603 e. The molecule has 0 heterocycles. The molecule has 0 aromatic carbocycles. The molecule has 3 atom stereocenters. The zero-order chi connectivity index (χ0) is 11.9. The van der Waals surface area contributed by atoms with Crippen LogP contribution >= 0.6 is 0 Å². The first-order valence-electron chi connectivity index (χ1n) is 6.47. The minimum atomic E-state index is -0.123. The Balaban J connectivity index is 2.16. The van der Waals surface area contributed by atoms with Crippen LogP contribution < -0.4 is 0 Å². The SMILES string of the molecule is CC1=CCC(C2=CCC(O)C(C)C2)C1(C)C. The molecule has 0 amide bonds. The lowest BCUT2D eigenvalue weighted by Gasteiger charge is -2.35. The van der Waals surface area contributed by atoms with Crippen molar-refractivity contribution in [3.8, 4) is 0 Å². The van der Waals surface area contributed by atoms with Crippen LogP contribution in [0.3, 0.4) is 0 Å². The standard InChI is InChI=1S/C15H24O/c1-10-9-12(6-8-14(10)16)13-7-5-11(2)15(13,3)4/h5-6,10,13-14,16H,7-9H2,1-4H3. The Bertz CT molecular complexity index is 335. The van der Waals surface area contributed by atoms with E-state index >= 15 is 0 Å².